The van der Waals surface area contributed by atoms with E-state index >= 15 is 0 Å². The second-order valence-corrected chi connectivity index (χ2v) is 7.68. The first-order valence-corrected chi connectivity index (χ1v) is 8.90. The van der Waals surface area contributed by atoms with Crippen LogP contribution in [0.25, 0.3) is 11.3 Å². The van der Waals surface area contributed by atoms with Crippen LogP contribution >= 0.6 is 0 Å². The SMILES string of the molecule is CCCc1c(-c2cn[nH]c2)nn(C2CCS(=O)(=O)C2)c1N. The Morgan fingerprint density at radius 1 is 1.52 bits per heavy atom. The first-order chi connectivity index (χ1) is 10.0. The molecule has 0 saturated carbocycles. The Morgan fingerprint density at radius 3 is 2.90 bits per heavy atom. The van der Waals surface area contributed by atoms with E-state index < -0.39 is 9.84 Å². The number of H-pyrrole nitrogens is 1. The van der Waals surface area contributed by atoms with Crippen LogP contribution in [-0.4, -0.2) is 39.9 Å². The van der Waals surface area contributed by atoms with E-state index in [2.05, 4.69) is 22.2 Å². The molecule has 1 atom stereocenters. The maximum absolute atomic E-state index is 11.7. The minimum atomic E-state index is -2.96. The molecular weight excluding hydrogens is 290 g/mol. The number of hydrogen-bond acceptors (Lipinski definition) is 5. The lowest BCUT2D eigenvalue weighted by Gasteiger charge is -2.10. The number of sulfone groups is 1. The topological polar surface area (TPSA) is 107 Å². The maximum Gasteiger partial charge on any atom is 0.152 e. The van der Waals surface area contributed by atoms with Gasteiger partial charge in [0, 0.05) is 17.3 Å². The Bertz CT molecular complexity index is 733. The maximum atomic E-state index is 11.7. The van der Waals surface area contributed by atoms with Crippen molar-refractivity contribution in [3.05, 3.63) is 18.0 Å². The molecule has 21 heavy (non-hydrogen) atoms. The van der Waals surface area contributed by atoms with Gasteiger partial charge in [0.25, 0.3) is 0 Å². The summed E-state index contributed by atoms with van der Waals surface area (Å²) in [6.45, 7) is 2.08. The zero-order chi connectivity index (χ0) is 15.0. The van der Waals surface area contributed by atoms with Crippen LogP contribution in [0.2, 0.25) is 0 Å². The van der Waals surface area contributed by atoms with Crippen LogP contribution in [-0.2, 0) is 16.3 Å². The molecule has 0 spiro atoms. The Balaban J connectivity index is 2.04. The summed E-state index contributed by atoms with van der Waals surface area (Å²) < 4.78 is 25.0. The van der Waals surface area contributed by atoms with Gasteiger partial charge in [-0.05, 0) is 12.8 Å². The molecule has 1 aliphatic heterocycles. The highest BCUT2D eigenvalue weighted by molar-refractivity contribution is 7.91. The molecule has 3 heterocycles. The number of nitrogen functional groups attached to an aromatic ring is 1. The number of nitrogens with zero attached hydrogens (tertiary/aromatic N) is 3. The quantitative estimate of drug-likeness (QED) is 0.881. The zero-order valence-electron chi connectivity index (χ0n) is 11.9. The zero-order valence-corrected chi connectivity index (χ0v) is 12.7. The molecule has 0 bridgehead atoms. The summed E-state index contributed by atoms with van der Waals surface area (Å²) in [6, 6.07) is -0.161. The fourth-order valence-corrected chi connectivity index (χ4v) is 4.53. The Hall–Kier alpha value is -1.83. The van der Waals surface area contributed by atoms with Gasteiger partial charge < -0.3 is 5.73 Å². The standard InChI is InChI=1S/C13H19N5O2S/c1-2-3-11-12(9-6-15-16-7-9)17-18(13(11)14)10-4-5-21(19,20)8-10/h6-7,10H,2-5,8,14H2,1H3,(H,15,16). The third kappa shape index (κ3) is 2.55. The van der Waals surface area contributed by atoms with Crippen molar-refractivity contribution in [1.29, 1.82) is 0 Å². The molecule has 0 aromatic carbocycles. The van der Waals surface area contributed by atoms with Crippen LogP contribution in [0.4, 0.5) is 5.82 Å². The highest BCUT2D eigenvalue weighted by Gasteiger charge is 2.32. The summed E-state index contributed by atoms with van der Waals surface area (Å²) in [5.74, 6) is 0.909. The average Bonchev–Trinajstić information content (AvgIpc) is 3.12. The lowest BCUT2D eigenvalue weighted by molar-refractivity contribution is 0.508. The molecule has 3 rings (SSSR count). The van der Waals surface area contributed by atoms with E-state index in [9.17, 15) is 8.42 Å². The minimum Gasteiger partial charge on any atom is -0.384 e. The lowest BCUT2D eigenvalue weighted by atomic mass is 10.1. The van der Waals surface area contributed by atoms with Crippen molar-refractivity contribution in [1.82, 2.24) is 20.0 Å². The first-order valence-electron chi connectivity index (χ1n) is 7.08. The average molecular weight is 309 g/mol. The van der Waals surface area contributed by atoms with E-state index in [1.54, 1.807) is 17.1 Å². The van der Waals surface area contributed by atoms with E-state index in [1.807, 2.05) is 0 Å². The van der Waals surface area contributed by atoms with Crippen LogP contribution in [0.1, 0.15) is 31.4 Å². The van der Waals surface area contributed by atoms with Crippen molar-refractivity contribution in [3.8, 4) is 11.3 Å². The number of rotatable bonds is 4. The highest BCUT2D eigenvalue weighted by Crippen LogP contribution is 2.33. The molecule has 2 aromatic rings. The van der Waals surface area contributed by atoms with Crippen molar-refractivity contribution in [2.75, 3.05) is 17.2 Å². The minimum absolute atomic E-state index is 0.120. The normalized spacial score (nSPS) is 20.9. The Labute approximate surface area is 123 Å². The second kappa shape index (κ2) is 5.18. The largest absolute Gasteiger partial charge is 0.384 e. The monoisotopic (exact) mass is 309 g/mol. The van der Waals surface area contributed by atoms with Crippen molar-refractivity contribution in [3.63, 3.8) is 0 Å². The van der Waals surface area contributed by atoms with Gasteiger partial charge >= 0.3 is 0 Å². The summed E-state index contributed by atoms with van der Waals surface area (Å²) in [7, 11) is -2.96. The summed E-state index contributed by atoms with van der Waals surface area (Å²) in [5, 5.41) is 11.3. The van der Waals surface area contributed by atoms with Crippen LogP contribution in [0.5, 0.6) is 0 Å². The molecule has 0 radical (unpaired) electrons. The van der Waals surface area contributed by atoms with Crippen LogP contribution < -0.4 is 5.73 Å². The van der Waals surface area contributed by atoms with E-state index in [-0.39, 0.29) is 17.5 Å². The lowest BCUT2D eigenvalue weighted by Crippen LogP contribution is -2.15. The van der Waals surface area contributed by atoms with Gasteiger partial charge in [-0.3, -0.25) is 5.10 Å². The molecule has 1 aliphatic rings. The molecule has 3 N–H and O–H groups in total. The first kappa shape index (κ1) is 14.1. The summed E-state index contributed by atoms with van der Waals surface area (Å²) in [4.78, 5) is 0. The molecule has 0 amide bonds. The third-order valence-electron chi connectivity index (χ3n) is 3.88. The molecular formula is C13H19N5O2S. The number of aromatic amines is 1. The molecule has 2 aromatic heterocycles. The van der Waals surface area contributed by atoms with Gasteiger partial charge in [-0.2, -0.15) is 10.2 Å². The van der Waals surface area contributed by atoms with E-state index in [4.69, 9.17) is 5.73 Å². The molecule has 1 fully saturated rings. The second-order valence-electron chi connectivity index (χ2n) is 5.45. The molecule has 0 aliphatic carbocycles. The van der Waals surface area contributed by atoms with Gasteiger partial charge in [0.1, 0.15) is 11.5 Å². The number of nitrogens with one attached hydrogen (secondary N) is 1. The third-order valence-corrected chi connectivity index (χ3v) is 5.63. The van der Waals surface area contributed by atoms with E-state index in [0.717, 1.165) is 29.7 Å². The van der Waals surface area contributed by atoms with Gasteiger partial charge in [-0.1, -0.05) is 13.3 Å². The summed E-state index contributed by atoms with van der Waals surface area (Å²) in [6.07, 6.45) is 5.81. The number of nitrogens with two attached hydrogens (primary N) is 1. The smallest absolute Gasteiger partial charge is 0.152 e. The number of hydrogen-bond donors (Lipinski definition) is 2. The fraction of sp³-hybridized carbons (Fsp3) is 0.538. The predicted octanol–water partition coefficient (Wildman–Crippen LogP) is 1.17. The molecule has 8 heteroatoms. The van der Waals surface area contributed by atoms with Gasteiger partial charge in [-0.25, -0.2) is 13.1 Å². The number of aromatic nitrogens is 4. The Morgan fingerprint density at radius 2 is 2.33 bits per heavy atom. The molecule has 1 unspecified atom stereocenters. The van der Waals surface area contributed by atoms with Crippen LogP contribution in [0.3, 0.4) is 0 Å². The van der Waals surface area contributed by atoms with Crippen LogP contribution in [0.15, 0.2) is 12.4 Å². The van der Waals surface area contributed by atoms with Gasteiger partial charge in [0.05, 0.1) is 23.7 Å². The predicted molar refractivity (Wildman–Crippen MR) is 80.5 cm³/mol. The Kier molecular flexibility index (Phi) is 3.48. The van der Waals surface area contributed by atoms with Gasteiger partial charge in [-0.15, -0.1) is 0 Å². The van der Waals surface area contributed by atoms with Crippen molar-refractivity contribution in [2.24, 2.45) is 0 Å². The van der Waals surface area contributed by atoms with E-state index in [1.165, 1.54) is 0 Å². The van der Waals surface area contributed by atoms with Gasteiger partial charge in [0.2, 0.25) is 0 Å². The molecule has 114 valence electrons. The fourth-order valence-electron chi connectivity index (χ4n) is 2.84. The molecule has 7 nitrogen and oxygen atoms in total. The van der Waals surface area contributed by atoms with Crippen LogP contribution in [0, 0.1) is 0 Å². The summed E-state index contributed by atoms with van der Waals surface area (Å²) >= 11 is 0. The van der Waals surface area contributed by atoms with Crippen molar-refractivity contribution < 1.29 is 8.42 Å². The number of anilines is 1. The molecule has 1 saturated heterocycles. The van der Waals surface area contributed by atoms with Crippen molar-refractivity contribution >= 4 is 15.7 Å². The van der Waals surface area contributed by atoms with E-state index in [0.29, 0.717) is 12.2 Å². The summed E-state index contributed by atoms with van der Waals surface area (Å²) in [5.41, 5.74) is 8.89. The van der Waals surface area contributed by atoms with Gasteiger partial charge in [0.15, 0.2) is 9.84 Å². The van der Waals surface area contributed by atoms with Crippen molar-refractivity contribution in [2.45, 2.75) is 32.2 Å². The highest BCUT2D eigenvalue weighted by atomic mass is 32.2.